The highest BCUT2D eigenvalue weighted by atomic mass is 19.1. The molecule has 26 heavy (non-hydrogen) atoms. The number of amides is 1. The molecule has 2 aromatic carbocycles. The van der Waals surface area contributed by atoms with Gasteiger partial charge in [0.15, 0.2) is 0 Å². The third-order valence-corrected chi connectivity index (χ3v) is 3.52. The summed E-state index contributed by atoms with van der Waals surface area (Å²) in [5.74, 6) is 0.168. The van der Waals surface area contributed by atoms with Crippen LogP contribution in [0.1, 0.15) is 16.2 Å². The minimum atomic E-state index is -0.375. The van der Waals surface area contributed by atoms with Crippen LogP contribution in [0.15, 0.2) is 54.6 Å². The first-order valence-corrected chi connectivity index (χ1v) is 7.87. The van der Waals surface area contributed by atoms with Gasteiger partial charge in [-0.2, -0.15) is 0 Å². The Morgan fingerprint density at radius 1 is 1.04 bits per heavy atom. The standard InChI is InChI=1S/C19H17FN4O2/c1-12-10-17(18(25)22-14-6-8-16(26-2)9-7-14)24-19(21-12)23-15-5-3-4-13(20)11-15/h3-11H,1-2H3,(H,22,25)(H,21,23,24). The number of carbonyl (C=O) groups is 1. The lowest BCUT2D eigenvalue weighted by Gasteiger charge is -2.09. The molecule has 0 radical (unpaired) electrons. The summed E-state index contributed by atoms with van der Waals surface area (Å²) in [6.07, 6.45) is 0. The average molecular weight is 352 g/mol. The topological polar surface area (TPSA) is 76.1 Å². The highest BCUT2D eigenvalue weighted by Gasteiger charge is 2.11. The highest BCUT2D eigenvalue weighted by Crippen LogP contribution is 2.17. The molecule has 0 aliphatic heterocycles. The lowest BCUT2D eigenvalue weighted by molar-refractivity contribution is 0.102. The van der Waals surface area contributed by atoms with Crippen LogP contribution in [0.4, 0.5) is 21.7 Å². The highest BCUT2D eigenvalue weighted by molar-refractivity contribution is 6.03. The summed E-state index contributed by atoms with van der Waals surface area (Å²) in [6, 6.07) is 14.5. The second kappa shape index (κ2) is 7.60. The number of hydrogen-bond donors (Lipinski definition) is 2. The van der Waals surface area contributed by atoms with Gasteiger partial charge in [0, 0.05) is 17.1 Å². The van der Waals surface area contributed by atoms with Gasteiger partial charge >= 0.3 is 0 Å². The summed E-state index contributed by atoms with van der Waals surface area (Å²) in [5, 5.41) is 5.67. The van der Waals surface area contributed by atoms with Gasteiger partial charge in [0.1, 0.15) is 17.3 Å². The SMILES string of the molecule is COc1ccc(NC(=O)c2cc(C)nc(Nc3cccc(F)c3)n2)cc1. The van der Waals surface area contributed by atoms with Crippen molar-refractivity contribution in [3.05, 3.63) is 71.8 Å². The number of anilines is 3. The first-order chi connectivity index (χ1) is 12.5. The Kier molecular flexibility index (Phi) is 5.07. The van der Waals surface area contributed by atoms with Crippen molar-refractivity contribution in [3.8, 4) is 5.75 Å². The number of rotatable bonds is 5. The van der Waals surface area contributed by atoms with Gasteiger partial charge in [-0.05, 0) is 55.5 Å². The maximum Gasteiger partial charge on any atom is 0.274 e. The second-order valence-corrected chi connectivity index (χ2v) is 5.54. The molecular weight excluding hydrogens is 335 g/mol. The monoisotopic (exact) mass is 352 g/mol. The van der Waals surface area contributed by atoms with Gasteiger partial charge in [-0.1, -0.05) is 6.07 Å². The molecular formula is C19H17FN4O2. The summed E-state index contributed by atoms with van der Waals surface area (Å²) in [5.41, 5.74) is 1.93. The first-order valence-electron chi connectivity index (χ1n) is 7.87. The molecule has 7 heteroatoms. The summed E-state index contributed by atoms with van der Waals surface area (Å²) in [7, 11) is 1.57. The van der Waals surface area contributed by atoms with Crippen LogP contribution >= 0.6 is 0 Å². The molecule has 0 aliphatic carbocycles. The molecule has 6 nitrogen and oxygen atoms in total. The summed E-state index contributed by atoms with van der Waals surface area (Å²) < 4.78 is 18.4. The molecule has 2 N–H and O–H groups in total. The molecule has 0 saturated carbocycles. The summed E-state index contributed by atoms with van der Waals surface area (Å²) >= 11 is 0. The van der Waals surface area contributed by atoms with Gasteiger partial charge in [0.05, 0.1) is 7.11 Å². The fraction of sp³-hybridized carbons (Fsp3) is 0.105. The molecule has 0 bridgehead atoms. The number of hydrogen-bond acceptors (Lipinski definition) is 5. The van der Waals surface area contributed by atoms with Crippen molar-refractivity contribution in [2.24, 2.45) is 0 Å². The number of aromatic nitrogens is 2. The van der Waals surface area contributed by atoms with E-state index in [1.54, 1.807) is 56.5 Å². The molecule has 1 amide bonds. The van der Waals surface area contributed by atoms with Crippen LogP contribution in [0.25, 0.3) is 0 Å². The number of benzene rings is 2. The third-order valence-electron chi connectivity index (χ3n) is 3.52. The van der Waals surface area contributed by atoms with Gasteiger partial charge < -0.3 is 15.4 Å². The van der Waals surface area contributed by atoms with E-state index in [1.807, 2.05) is 0 Å². The van der Waals surface area contributed by atoms with E-state index < -0.39 is 0 Å². The lowest BCUT2D eigenvalue weighted by atomic mass is 10.2. The smallest absolute Gasteiger partial charge is 0.274 e. The lowest BCUT2D eigenvalue weighted by Crippen LogP contribution is -2.15. The van der Waals surface area contributed by atoms with Crippen molar-refractivity contribution < 1.29 is 13.9 Å². The zero-order chi connectivity index (χ0) is 18.5. The third kappa shape index (κ3) is 4.32. The summed E-state index contributed by atoms with van der Waals surface area (Å²) in [4.78, 5) is 20.9. The van der Waals surface area contributed by atoms with Gasteiger partial charge in [-0.15, -0.1) is 0 Å². The molecule has 3 aromatic rings. The van der Waals surface area contributed by atoms with Crippen molar-refractivity contribution >= 4 is 23.2 Å². The van der Waals surface area contributed by atoms with Gasteiger partial charge in [-0.25, -0.2) is 14.4 Å². The average Bonchev–Trinajstić information content (AvgIpc) is 2.62. The number of halogens is 1. The molecule has 3 rings (SSSR count). The normalized spacial score (nSPS) is 10.3. The molecule has 0 unspecified atom stereocenters. The van der Waals surface area contributed by atoms with Crippen LogP contribution in [-0.4, -0.2) is 23.0 Å². The number of nitrogens with one attached hydrogen (secondary N) is 2. The fourth-order valence-electron chi connectivity index (χ4n) is 2.31. The van der Waals surface area contributed by atoms with E-state index in [2.05, 4.69) is 20.6 Å². The van der Waals surface area contributed by atoms with E-state index in [9.17, 15) is 9.18 Å². The Morgan fingerprint density at radius 3 is 2.50 bits per heavy atom. The van der Waals surface area contributed by atoms with Crippen molar-refractivity contribution in [1.82, 2.24) is 9.97 Å². The predicted molar refractivity (Wildman–Crippen MR) is 97.4 cm³/mol. The zero-order valence-corrected chi connectivity index (χ0v) is 14.3. The zero-order valence-electron chi connectivity index (χ0n) is 14.3. The van der Waals surface area contributed by atoms with E-state index >= 15 is 0 Å². The first kappa shape index (κ1) is 17.3. The number of nitrogens with zero attached hydrogens (tertiary/aromatic N) is 2. The van der Waals surface area contributed by atoms with E-state index in [1.165, 1.54) is 12.1 Å². The van der Waals surface area contributed by atoms with Crippen molar-refractivity contribution in [1.29, 1.82) is 0 Å². The van der Waals surface area contributed by atoms with E-state index in [-0.39, 0.29) is 23.4 Å². The van der Waals surface area contributed by atoms with E-state index in [0.717, 1.165) is 0 Å². The Labute approximate surface area is 150 Å². The fourth-order valence-corrected chi connectivity index (χ4v) is 2.31. The van der Waals surface area contributed by atoms with Crippen molar-refractivity contribution in [3.63, 3.8) is 0 Å². The van der Waals surface area contributed by atoms with Crippen LogP contribution in [0.2, 0.25) is 0 Å². The molecule has 0 spiro atoms. The summed E-state index contributed by atoms with van der Waals surface area (Å²) in [6.45, 7) is 1.75. The Balaban J connectivity index is 1.78. The maximum atomic E-state index is 13.3. The van der Waals surface area contributed by atoms with Crippen molar-refractivity contribution in [2.75, 3.05) is 17.7 Å². The van der Waals surface area contributed by atoms with Crippen molar-refractivity contribution in [2.45, 2.75) is 6.92 Å². The number of ether oxygens (including phenoxy) is 1. The number of aryl methyl sites for hydroxylation is 1. The quantitative estimate of drug-likeness (QED) is 0.728. The van der Waals surface area contributed by atoms with Crippen LogP contribution in [0.5, 0.6) is 5.75 Å². The van der Waals surface area contributed by atoms with Crippen LogP contribution < -0.4 is 15.4 Å². The van der Waals surface area contributed by atoms with Gasteiger partial charge in [0.25, 0.3) is 5.91 Å². The molecule has 0 saturated heterocycles. The molecule has 0 atom stereocenters. The number of methoxy groups -OCH3 is 1. The largest absolute Gasteiger partial charge is 0.497 e. The Bertz CT molecular complexity index is 929. The number of carbonyl (C=O) groups excluding carboxylic acids is 1. The van der Waals surface area contributed by atoms with Gasteiger partial charge in [-0.3, -0.25) is 4.79 Å². The molecule has 0 aliphatic rings. The Morgan fingerprint density at radius 2 is 1.81 bits per heavy atom. The predicted octanol–water partition coefficient (Wildman–Crippen LogP) is 3.93. The molecule has 1 heterocycles. The second-order valence-electron chi connectivity index (χ2n) is 5.54. The molecule has 1 aromatic heterocycles. The van der Waals surface area contributed by atoms with Crippen LogP contribution in [0.3, 0.4) is 0 Å². The van der Waals surface area contributed by atoms with Crippen LogP contribution in [-0.2, 0) is 0 Å². The van der Waals surface area contributed by atoms with Gasteiger partial charge in [0.2, 0.25) is 5.95 Å². The maximum absolute atomic E-state index is 13.3. The minimum absolute atomic E-state index is 0.201. The molecule has 0 fully saturated rings. The molecule has 132 valence electrons. The van der Waals surface area contributed by atoms with E-state index in [0.29, 0.717) is 22.8 Å². The minimum Gasteiger partial charge on any atom is -0.497 e. The van der Waals surface area contributed by atoms with E-state index in [4.69, 9.17) is 4.74 Å². The Hall–Kier alpha value is -3.48. The van der Waals surface area contributed by atoms with Crippen LogP contribution in [0, 0.1) is 12.7 Å².